The predicted molar refractivity (Wildman–Crippen MR) is 200 cm³/mol. The van der Waals surface area contributed by atoms with E-state index in [9.17, 15) is 18.0 Å². The summed E-state index contributed by atoms with van der Waals surface area (Å²) in [5, 5.41) is 0.710. The van der Waals surface area contributed by atoms with E-state index in [0.29, 0.717) is 55.7 Å². The van der Waals surface area contributed by atoms with Gasteiger partial charge in [-0.05, 0) is 104 Å². The van der Waals surface area contributed by atoms with Gasteiger partial charge in [-0.25, -0.2) is 13.1 Å². The number of nitrogens with zero attached hydrogens (tertiary/aromatic N) is 2. The molecule has 1 N–H and O–H groups in total. The fourth-order valence-electron chi connectivity index (χ4n) is 9.30. The van der Waals surface area contributed by atoms with Crippen molar-refractivity contribution in [3.05, 3.63) is 64.7 Å². The summed E-state index contributed by atoms with van der Waals surface area (Å²) < 4.78 is 48.5. The van der Waals surface area contributed by atoms with Gasteiger partial charge in [0, 0.05) is 56.8 Å². The number of hydrogen-bond donors (Lipinski definition) is 1. The van der Waals surface area contributed by atoms with E-state index in [1.54, 1.807) is 33.3 Å². The Morgan fingerprint density at radius 2 is 1.92 bits per heavy atom. The van der Waals surface area contributed by atoms with Crippen LogP contribution in [0.3, 0.4) is 0 Å². The molecule has 0 aromatic heterocycles. The monoisotopic (exact) mass is 753 g/mol. The number of anilines is 1. The van der Waals surface area contributed by atoms with Gasteiger partial charge in [-0.3, -0.25) is 9.59 Å². The summed E-state index contributed by atoms with van der Waals surface area (Å²) in [5.74, 6) is -0.453. The summed E-state index contributed by atoms with van der Waals surface area (Å²) in [4.78, 5) is 31.6. The largest absolute Gasteiger partial charge is 0.490 e. The summed E-state index contributed by atoms with van der Waals surface area (Å²) in [6, 6.07) is 11.1. The normalized spacial score (nSPS) is 33.6. The molecule has 7 atom stereocenters. The summed E-state index contributed by atoms with van der Waals surface area (Å²) in [6.07, 6.45) is 10.3. The van der Waals surface area contributed by atoms with Gasteiger partial charge in [0.2, 0.25) is 11.8 Å². The number of rotatable bonds is 4. The number of aryl methyl sites for hydroxylation is 1. The Morgan fingerprint density at radius 3 is 2.65 bits per heavy atom. The lowest BCUT2D eigenvalue weighted by atomic mass is 9.62. The molecule has 12 heteroatoms. The molecule has 3 aliphatic heterocycles. The van der Waals surface area contributed by atoms with Crippen LogP contribution in [0.4, 0.5) is 5.69 Å². The van der Waals surface area contributed by atoms with Gasteiger partial charge in [-0.2, -0.15) is 0 Å². The third kappa shape index (κ3) is 6.98. The van der Waals surface area contributed by atoms with E-state index in [0.717, 1.165) is 38.5 Å². The maximum absolute atomic E-state index is 14.0. The van der Waals surface area contributed by atoms with Crippen LogP contribution >= 0.6 is 11.6 Å². The number of fused-ring (bicyclic) bond motifs is 4. The molecule has 3 heterocycles. The molecular weight excluding hydrogens is 702 g/mol. The molecule has 2 aromatic carbocycles. The smallest absolute Gasteiger partial charge is 0.264 e. The van der Waals surface area contributed by atoms with Crippen molar-refractivity contribution in [2.24, 2.45) is 23.7 Å². The zero-order valence-corrected chi connectivity index (χ0v) is 32.3. The SMILES string of the molecule is COC1CCN(C(=O)C[C@]2(OC)/C=C/C[C@H](C)[C@@H](C)C(=O)NS(=O)(=O)c3ccc4c(c3)N(C[C@@H]3CC[C@H]32)C[C@@]2(CCCc3cc(Cl)ccc32)CO4)C1. The van der Waals surface area contributed by atoms with E-state index in [1.165, 1.54) is 17.2 Å². The fourth-order valence-corrected chi connectivity index (χ4v) is 10.6. The lowest BCUT2D eigenvalue weighted by Gasteiger charge is -2.50. The first-order valence-electron chi connectivity index (χ1n) is 18.8. The van der Waals surface area contributed by atoms with Crippen molar-refractivity contribution in [1.29, 1.82) is 0 Å². The lowest BCUT2D eigenvalue weighted by molar-refractivity contribution is -0.142. The summed E-state index contributed by atoms with van der Waals surface area (Å²) in [5.41, 5.74) is 1.92. The van der Waals surface area contributed by atoms with Gasteiger partial charge in [-0.1, -0.05) is 43.7 Å². The highest BCUT2D eigenvalue weighted by Gasteiger charge is 2.50. The minimum absolute atomic E-state index is 0.0220. The average molecular weight is 754 g/mol. The minimum Gasteiger partial charge on any atom is -0.490 e. The topological polar surface area (TPSA) is 114 Å². The number of ether oxygens (including phenoxy) is 3. The van der Waals surface area contributed by atoms with Crippen molar-refractivity contribution in [2.45, 2.75) is 87.2 Å². The fraction of sp³-hybridized carbons (Fsp3) is 0.600. The first-order valence-corrected chi connectivity index (χ1v) is 20.6. The molecule has 10 nitrogen and oxygen atoms in total. The van der Waals surface area contributed by atoms with E-state index in [4.69, 9.17) is 25.8 Å². The van der Waals surface area contributed by atoms with Gasteiger partial charge in [0.25, 0.3) is 10.0 Å². The van der Waals surface area contributed by atoms with E-state index in [1.807, 2.05) is 24.0 Å². The van der Waals surface area contributed by atoms with Crippen LogP contribution in [-0.2, 0) is 40.9 Å². The molecule has 2 bridgehead atoms. The van der Waals surface area contributed by atoms with Crippen molar-refractivity contribution in [1.82, 2.24) is 9.62 Å². The van der Waals surface area contributed by atoms with Crippen LogP contribution < -0.4 is 14.4 Å². The summed E-state index contributed by atoms with van der Waals surface area (Å²) >= 11 is 6.47. The number of hydrogen-bond acceptors (Lipinski definition) is 8. The van der Waals surface area contributed by atoms with Crippen LogP contribution in [0.2, 0.25) is 5.02 Å². The van der Waals surface area contributed by atoms with Crippen molar-refractivity contribution in [3.63, 3.8) is 0 Å². The van der Waals surface area contributed by atoms with E-state index in [-0.39, 0.29) is 46.5 Å². The van der Waals surface area contributed by atoms with Crippen LogP contribution in [0.5, 0.6) is 5.75 Å². The molecule has 5 aliphatic rings. The number of likely N-dealkylation sites (tertiary alicyclic amines) is 1. The number of methoxy groups -OCH3 is 2. The molecule has 2 amide bonds. The maximum atomic E-state index is 14.0. The second kappa shape index (κ2) is 14.6. The number of nitrogens with one attached hydrogen (secondary N) is 1. The van der Waals surface area contributed by atoms with Crippen LogP contribution in [0.15, 0.2) is 53.4 Å². The van der Waals surface area contributed by atoms with Crippen LogP contribution in [0.1, 0.15) is 69.9 Å². The second-order valence-corrected chi connectivity index (χ2v) is 18.0. The molecule has 2 fully saturated rings. The standard InChI is InChI=1S/C40H52ClN3O7S/c1-26-7-5-17-40(50-4,21-37(45)43-18-15-31(23-43)49-3)34-12-9-29(34)22-44-24-39(16-6-8-28-19-30(41)10-13-33(28)39)25-51-36-14-11-32(20-35(36)44)52(47,48)42-38(46)27(26)2/h5,10-11,13-14,17,19-20,26-27,29,31,34H,6-9,12,15-16,18,21-25H2,1-4H3,(H,42,46)/b17-5+/t26-,27+,29-,31?,34+,39-,40+/m0/s1. The highest BCUT2D eigenvalue weighted by Crippen LogP contribution is 2.50. The van der Waals surface area contributed by atoms with Crippen molar-refractivity contribution in [2.75, 3.05) is 51.9 Å². The van der Waals surface area contributed by atoms with Gasteiger partial charge in [0.1, 0.15) is 5.75 Å². The number of allylic oxidation sites excluding steroid dienone is 1. The molecule has 1 saturated heterocycles. The minimum atomic E-state index is -4.16. The average Bonchev–Trinajstić information content (AvgIpc) is 3.55. The first kappa shape index (κ1) is 37.2. The predicted octanol–water partition coefficient (Wildman–Crippen LogP) is 5.90. The Morgan fingerprint density at radius 1 is 1.10 bits per heavy atom. The second-order valence-electron chi connectivity index (χ2n) is 15.9. The Balaban J connectivity index is 1.30. The van der Waals surface area contributed by atoms with Gasteiger partial charge >= 0.3 is 0 Å². The first-order chi connectivity index (χ1) is 24.9. The van der Waals surface area contributed by atoms with Crippen molar-refractivity contribution >= 4 is 39.1 Å². The van der Waals surface area contributed by atoms with Crippen LogP contribution in [0.25, 0.3) is 0 Å². The van der Waals surface area contributed by atoms with E-state index < -0.39 is 27.4 Å². The number of carbonyl (C=O) groups excluding carboxylic acids is 2. The van der Waals surface area contributed by atoms with Crippen LogP contribution in [0, 0.1) is 23.7 Å². The number of benzene rings is 2. The molecular formula is C40H52ClN3O7S. The molecule has 7 rings (SSSR count). The number of sulfonamides is 1. The molecule has 52 heavy (non-hydrogen) atoms. The molecule has 2 aliphatic carbocycles. The van der Waals surface area contributed by atoms with Gasteiger partial charge in [-0.15, -0.1) is 0 Å². The zero-order valence-electron chi connectivity index (χ0n) is 30.7. The van der Waals surface area contributed by atoms with Gasteiger partial charge in [0.05, 0.1) is 35.3 Å². The number of halogens is 1. The molecule has 0 radical (unpaired) electrons. The zero-order chi connectivity index (χ0) is 36.8. The third-order valence-corrected chi connectivity index (χ3v) is 14.4. The maximum Gasteiger partial charge on any atom is 0.264 e. The third-order valence-electron chi connectivity index (χ3n) is 12.9. The van der Waals surface area contributed by atoms with Gasteiger partial charge in [0.15, 0.2) is 0 Å². The molecule has 1 saturated carbocycles. The molecule has 282 valence electrons. The Labute approximate surface area is 313 Å². The lowest BCUT2D eigenvalue weighted by Crippen LogP contribution is -2.54. The molecule has 1 unspecified atom stereocenters. The van der Waals surface area contributed by atoms with Gasteiger partial charge < -0.3 is 24.0 Å². The summed E-state index contributed by atoms with van der Waals surface area (Å²) in [6.45, 7) is 6.60. The van der Waals surface area contributed by atoms with Crippen molar-refractivity contribution < 1.29 is 32.2 Å². The highest BCUT2D eigenvalue weighted by molar-refractivity contribution is 7.90. The Hall–Kier alpha value is -3.12. The Bertz CT molecular complexity index is 1840. The number of carbonyl (C=O) groups is 2. The number of amides is 2. The van der Waals surface area contributed by atoms with Crippen LogP contribution in [-0.4, -0.2) is 83.8 Å². The molecule has 2 aromatic rings. The van der Waals surface area contributed by atoms with E-state index in [2.05, 4.69) is 27.8 Å². The quantitative estimate of drug-likeness (QED) is 0.385. The highest BCUT2D eigenvalue weighted by atomic mass is 35.5. The van der Waals surface area contributed by atoms with E-state index >= 15 is 0 Å². The summed E-state index contributed by atoms with van der Waals surface area (Å²) in [7, 11) is -0.763. The van der Waals surface area contributed by atoms with Crippen molar-refractivity contribution in [3.8, 4) is 5.75 Å². The Kier molecular flexibility index (Phi) is 10.5. The molecule has 1 spiro atoms.